The lowest BCUT2D eigenvalue weighted by Gasteiger charge is -2.11. The van der Waals surface area contributed by atoms with Gasteiger partial charge in [0, 0.05) is 5.56 Å². The van der Waals surface area contributed by atoms with Crippen LogP contribution in [0.4, 0.5) is 0 Å². The smallest absolute Gasteiger partial charge is 0.123 e. The molecule has 1 N–H and O–H groups in total. The molecule has 2 aromatic carbocycles. The molecule has 0 spiro atoms. The Kier molecular flexibility index (Phi) is 6.30. The molecule has 0 unspecified atom stereocenters. The van der Waals surface area contributed by atoms with Gasteiger partial charge in [-0.2, -0.15) is 0 Å². The molecule has 0 radical (unpaired) electrons. The summed E-state index contributed by atoms with van der Waals surface area (Å²) in [7, 11) is 0. The van der Waals surface area contributed by atoms with Gasteiger partial charge in [-0.3, -0.25) is 0 Å². The molecule has 2 aromatic rings. The fourth-order valence-electron chi connectivity index (χ4n) is 2.27. The van der Waals surface area contributed by atoms with E-state index < -0.39 is 0 Å². The highest BCUT2D eigenvalue weighted by atomic mass is 16.3. The third kappa shape index (κ3) is 4.12. The van der Waals surface area contributed by atoms with Gasteiger partial charge in [0.15, 0.2) is 0 Å². The average Bonchev–Trinajstić information content (AvgIpc) is 2.43. The Morgan fingerprint density at radius 3 is 2.20 bits per heavy atom. The third-order valence-electron chi connectivity index (χ3n) is 3.14. The van der Waals surface area contributed by atoms with E-state index in [2.05, 4.69) is 39.0 Å². The van der Waals surface area contributed by atoms with Crippen LogP contribution in [0.1, 0.15) is 38.8 Å². The lowest BCUT2D eigenvalue weighted by molar-refractivity contribution is 0.477. The molecule has 0 saturated heterocycles. The molecule has 0 saturated carbocycles. The molecule has 1 heteroatoms. The second kappa shape index (κ2) is 7.74. The predicted octanol–water partition coefficient (Wildman–Crippen LogP) is 5.59. The van der Waals surface area contributed by atoms with E-state index in [0.29, 0.717) is 11.7 Å². The molecule has 0 aromatic heterocycles. The van der Waals surface area contributed by atoms with Crippen molar-refractivity contribution in [3.63, 3.8) is 0 Å². The lowest BCUT2D eigenvalue weighted by atomic mass is 9.95. The molecule has 0 aliphatic heterocycles. The highest BCUT2D eigenvalue weighted by Gasteiger charge is 2.08. The summed E-state index contributed by atoms with van der Waals surface area (Å²) in [5.41, 5.74) is 4.52. The van der Waals surface area contributed by atoms with Gasteiger partial charge < -0.3 is 5.11 Å². The third-order valence-corrected chi connectivity index (χ3v) is 3.14. The quantitative estimate of drug-likeness (QED) is 0.770. The number of hydrogen-bond acceptors (Lipinski definition) is 1. The van der Waals surface area contributed by atoms with Crippen LogP contribution < -0.4 is 0 Å². The highest BCUT2D eigenvalue weighted by Crippen LogP contribution is 2.32. The van der Waals surface area contributed by atoms with Crippen LogP contribution in [-0.4, -0.2) is 5.11 Å². The van der Waals surface area contributed by atoms with Gasteiger partial charge in [0.2, 0.25) is 0 Å². The Balaban J connectivity index is 0.000000956. The van der Waals surface area contributed by atoms with Gasteiger partial charge >= 0.3 is 0 Å². The molecule has 20 heavy (non-hydrogen) atoms. The van der Waals surface area contributed by atoms with Crippen molar-refractivity contribution in [1.29, 1.82) is 0 Å². The molecule has 0 fully saturated rings. The van der Waals surface area contributed by atoms with Gasteiger partial charge in [0.05, 0.1) is 0 Å². The van der Waals surface area contributed by atoms with Gasteiger partial charge in [-0.25, -0.2) is 0 Å². The minimum absolute atomic E-state index is 0.358. The van der Waals surface area contributed by atoms with Crippen LogP contribution in [0, 0.1) is 12.8 Å². The van der Waals surface area contributed by atoms with Crippen molar-refractivity contribution in [3.8, 4) is 16.9 Å². The van der Waals surface area contributed by atoms with Crippen LogP contribution in [0.25, 0.3) is 11.1 Å². The SMILES string of the molecule is CC.Cc1ccccc1-c1cc(CC(C)C)ccc1O. The highest BCUT2D eigenvalue weighted by molar-refractivity contribution is 5.73. The number of rotatable bonds is 3. The van der Waals surface area contributed by atoms with Crippen molar-refractivity contribution >= 4 is 0 Å². The second-order valence-corrected chi connectivity index (χ2v) is 5.26. The molecule has 0 aliphatic rings. The van der Waals surface area contributed by atoms with Gasteiger partial charge in [-0.05, 0) is 48.1 Å². The van der Waals surface area contributed by atoms with Crippen LogP contribution in [0.3, 0.4) is 0 Å². The number of aryl methyl sites for hydroxylation is 1. The standard InChI is InChI=1S/C17H20O.C2H6/c1-12(2)10-14-8-9-17(18)16(11-14)15-7-5-4-6-13(15)3;1-2/h4-9,11-12,18H,10H2,1-3H3;1-2H3. The number of phenols is 1. The van der Waals surface area contributed by atoms with Crippen LogP contribution in [0.2, 0.25) is 0 Å². The normalized spacial score (nSPS) is 10.1. The summed E-state index contributed by atoms with van der Waals surface area (Å²) >= 11 is 0. The molecular formula is C19H26O. The minimum Gasteiger partial charge on any atom is -0.507 e. The molecule has 0 bridgehead atoms. The minimum atomic E-state index is 0.358. The van der Waals surface area contributed by atoms with Gasteiger partial charge in [0.25, 0.3) is 0 Å². The number of phenolic OH excluding ortho intramolecular Hbond substituents is 1. The maximum absolute atomic E-state index is 10.0. The lowest BCUT2D eigenvalue weighted by Crippen LogP contribution is -1.94. The molecule has 0 aliphatic carbocycles. The summed E-state index contributed by atoms with van der Waals surface area (Å²) in [6.45, 7) is 10.5. The van der Waals surface area contributed by atoms with E-state index in [1.807, 2.05) is 32.0 Å². The maximum atomic E-state index is 10.0. The Labute approximate surface area is 123 Å². The van der Waals surface area contributed by atoms with E-state index in [4.69, 9.17) is 0 Å². The molecular weight excluding hydrogens is 244 g/mol. The summed E-state index contributed by atoms with van der Waals surface area (Å²) < 4.78 is 0. The van der Waals surface area contributed by atoms with Gasteiger partial charge in [0.1, 0.15) is 5.75 Å². The van der Waals surface area contributed by atoms with Crippen molar-refractivity contribution < 1.29 is 5.11 Å². The summed E-state index contributed by atoms with van der Waals surface area (Å²) in [6.07, 6.45) is 1.04. The van der Waals surface area contributed by atoms with Crippen molar-refractivity contribution in [2.24, 2.45) is 5.92 Å². The number of benzene rings is 2. The average molecular weight is 270 g/mol. The van der Waals surface area contributed by atoms with E-state index in [0.717, 1.165) is 17.5 Å². The fourth-order valence-corrected chi connectivity index (χ4v) is 2.27. The Morgan fingerprint density at radius 2 is 1.60 bits per heavy atom. The largest absolute Gasteiger partial charge is 0.507 e. The van der Waals surface area contributed by atoms with E-state index in [-0.39, 0.29) is 0 Å². The van der Waals surface area contributed by atoms with E-state index in [9.17, 15) is 5.11 Å². The predicted molar refractivity (Wildman–Crippen MR) is 88.2 cm³/mol. The monoisotopic (exact) mass is 270 g/mol. The molecule has 0 heterocycles. The molecule has 0 amide bonds. The maximum Gasteiger partial charge on any atom is 0.123 e. The molecule has 2 rings (SSSR count). The van der Waals surface area contributed by atoms with E-state index in [1.165, 1.54) is 11.1 Å². The molecule has 108 valence electrons. The van der Waals surface area contributed by atoms with Crippen molar-refractivity contribution in [1.82, 2.24) is 0 Å². The summed E-state index contributed by atoms with van der Waals surface area (Å²) in [5, 5.41) is 10.0. The Morgan fingerprint density at radius 1 is 0.950 bits per heavy atom. The van der Waals surface area contributed by atoms with E-state index in [1.54, 1.807) is 6.07 Å². The summed E-state index contributed by atoms with van der Waals surface area (Å²) in [6, 6.07) is 14.1. The molecule has 0 atom stereocenters. The van der Waals surface area contributed by atoms with Crippen LogP contribution in [-0.2, 0) is 6.42 Å². The zero-order valence-electron chi connectivity index (χ0n) is 13.3. The van der Waals surface area contributed by atoms with Crippen LogP contribution in [0.5, 0.6) is 5.75 Å². The Hall–Kier alpha value is -1.76. The van der Waals surface area contributed by atoms with Crippen molar-refractivity contribution in [2.45, 2.75) is 41.0 Å². The van der Waals surface area contributed by atoms with Gasteiger partial charge in [-0.1, -0.05) is 58.0 Å². The number of aromatic hydroxyl groups is 1. The zero-order chi connectivity index (χ0) is 15.1. The fraction of sp³-hybridized carbons (Fsp3) is 0.368. The molecule has 1 nitrogen and oxygen atoms in total. The first-order valence-corrected chi connectivity index (χ1v) is 7.46. The van der Waals surface area contributed by atoms with Gasteiger partial charge in [-0.15, -0.1) is 0 Å². The van der Waals surface area contributed by atoms with Crippen molar-refractivity contribution in [3.05, 3.63) is 53.6 Å². The summed E-state index contributed by atoms with van der Waals surface area (Å²) in [4.78, 5) is 0. The van der Waals surface area contributed by atoms with Crippen molar-refractivity contribution in [2.75, 3.05) is 0 Å². The van der Waals surface area contributed by atoms with Crippen LogP contribution in [0.15, 0.2) is 42.5 Å². The van der Waals surface area contributed by atoms with E-state index >= 15 is 0 Å². The topological polar surface area (TPSA) is 20.2 Å². The first-order valence-electron chi connectivity index (χ1n) is 7.46. The zero-order valence-corrected chi connectivity index (χ0v) is 13.3. The summed E-state index contributed by atoms with van der Waals surface area (Å²) in [5.74, 6) is 0.982. The Bertz CT molecular complexity index is 541. The van der Waals surface area contributed by atoms with Crippen LogP contribution >= 0.6 is 0 Å². The first kappa shape index (κ1) is 16.3. The number of hydrogen-bond donors (Lipinski definition) is 1. The second-order valence-electron chi connectivity index (χ2n) is 5.26. The first-order chi connectivity index (χ1) is 9.58.